The van der Waals surface area contributed by atoms with Crippen molar-refractivity contribution >= 4 is 16.9 Å². The van der Waals surface area contributed by atoms with Gasteiger partial charge in [0.2, 0.25) is 5.91 Å². The van der Waals surface area contributed by atoms with Gasteiger partial charge in [-0.25, -0.2) is 9.67 Å². The third-order valence-corrected chi connectivity index (χ3v) is 5.55. The third-order valence-electron chi connectivity index (χ3n) is 5.55. The molecule has 0 bridgehead atoms. The van der Waals surface area contributed by atoms with E-state index in [2.05, 4.69) is 36.1 Å². The average molecular weight is 358 g/mol. The Morgan fingerprint density at radius 3 is 2.85 bits per heavy atom. The van der Waals surface area contributed by atoms with Crippen molar-refractivity contribution in [3.05, 3.63) is 23.0 Å². The van der Waals surface area contributed by atoms with Gasteiger partial charge in [0, 0.05) is 42.7 Å². The molecule has 6 nitrogen and oxygen atoms in total. The lowest BCUT2D eigenvalue weighted by molar-refractivity contribution is -0.131. The van der Waals surface area contributed by atoms with E-state index in [9.17, 15) is 4.79 Å². The minimum absolute atomic E-state index is 0.263. The van der Waals surface area contributed by atoms with Crippen molar-refractivity contribution in [2.24, 2.45) is 0 Å². The van der Waals surface area contributed by atoms with E-state index < -0.39 is 0 Å². The number of nitrogens with one attached hydrogen (secondary N) is 1. The van der Waals surface area contributed by atoms with E-state index in [0.717, 1.165) is 49.1 Å². The van der Waals surface area contributed by atoms with Crippen molar-refractivity contribution < 1.29 is 4.79 Å². The van der Waals surface area contributed by atoms with Gasteiger partial charge in [0.15, 0.2) is 5.65 Å². The van der Waals surface area contributed by atoms with E-state index in [-0.39, 0.29) is 11.9 Å². The first kappa shape index (κ1) is 18.8. The molecule has 1 aliphatic rings. The van der Waals surface area contributed by atoms with Crippen molar-refractivity contribution in [1.82, 2.24) is 25.0 Å². The molecule has 0 spiro atoms. The van der Waals surface area contributed by atoms with Crippen LogP contribution >= 0.6 is 0 Å². The van der Waals surface area contributed by atoms with Crippen LogP contribution in [0.25, 0.3) is 11.0 Å². The van der Waals surface area contributed by atoms with E-state index in [1.54, 1.807) is 0 Å². The topological polar surface area (TPSA) is 63.1 Å². The van der Waals surface area contributed by atoms with E-state index in [1.165, 1.54) is 11.1 Å². The van der Waals surface area contributed by atoms with Crippen LogP contribution in [0.1, 0.15) is 56.0 Å². The van der Waals surface area contributed by atoms with Crippen molar-refractivity contribution in [2.75, 3.05) is 20.1 Å². The number of carbonyl (C=O) groups is 1. The highest BCUT2D eigenvalue weighted by molar-refractivity contribution is 5.81. The molecule has 1 N–H and O–H groups in total. The van der Waals surface area contributed by atoms with Gasteiger partial charge in [-0.2, -0.15) is 5.10 Å². The smallest absolute Gasteiger partial charge is 0.223 e. The van der Waals surface area contributed by atoms with Crippen LogP contribution in [-0.2, 0) is 11.2 Å². The highest BCUT2D eigenvalue weighted by Crippen LogP contribution is 2.26. The Hall–Kier alpha value is -1.95. The lowest BCUT2D eigenvalue weighted by Crippen LogP contribution is -2.40. The van der Waals surface area contributed by atoms with E-state index in [1.807, 2.05) is 24.9 Å². The number of carbonyl (C=O) groups excluding carboxylic acids is 1. The van der Waals surface area contributed by atoms with Crippen molar-refractivity contribution in [3.63, 3.8) is 0 Å². The Bertz CT molecular complexity index is 795. The molecule has 1 saturated heterocycles. The summed E-state index contributed by atoms with van der Waals surface area (Å²) in [5.41, 5.74) is 4.36. The summed E-state index contributed by atoms with van der Waals surface area (Å²) in [5.74, 6) is 0.263. The number of likely N-dealkylation sites (N-methyl/N-ethyl adjacent to an activating group) is 1. The summed E-state index contributed by atoms with van der Waals surface area (Å²) >= 11 is 0. The van der Waals surface area contributed by atoms with Gasteiger partial charge in [-0.05, 0) is 65.1 Å². The molecule has 1 unspecified atom stereocenters. The van der Waals surface area contributed by atoms with Crippen molar-refractivity contribution in [3.8, 4) is 0 Å². The normalized spacial score (nSPS) is 17.6. The number of fused-ring (bicyclic) bond motifs is 1. The van der Waals surface area contributed by atoms with Gasteiger partial charge in [-0.3, -0.25) is 4.79 Å². The van der Waals surface area contributed by atoms with Crippen LogP contribution < -0.4 is 5.32 Å². The van der Waals surface area contributed by atoms with Gasteiger partial charge in [0.1, 0.15) is 0 Å². The third kappa shape index (κ3) is 3.47. The SMILES string of the molecule is CNCC1CCCN1C(=O)CCc1c(C)nc2c(cnn2C(C)C)c1C. The molecule has 0 aliphatic carbocycles. The Balaban J connectivity index is 1.78. The Morgan fingerprint density at radius 2 is 2.15 bits per heavy atom. The first-order chi connectivity index (χ1) is 12.4. The van der Waals surface area contributed by atoms with Gasteiger partial charge in [0.05, 0.1) is 6.20 Å². The number of hydrogen-bond donors (Lipinski definition) is 1. The standard InChI is InChI=1S/C20H31N5O/c1-13(2)25-20-18(12-22-25)14(3)17(15(4)23-20)8-9-19(26)24-10-6-7-16(24)11-21-5/h12-13,16,21H,6-11H2,1-5H3. The molecule has 0 radical (unpaired) electrons. The first-order valence-corrected chi connectivity index (χ1v) is 9.71. The van der Waals surface area contributed by atoms with Crippen molar-refractivity contribution in [1.29, 1.82) is 0 Å². The molecule has 1 fully saturated rings. The second-order valence-electron chi connectivity index (χ2n) is 7.66. The average Bonchev–Trinajstić information content (AvgIpc) is 3.21. The number of amides is 1. The minimum Gasteiger partial charge on any atom is -0.338 e. The zero-order valence-corrected chi connectivity index (χ0v) is 16.7. The summed E-state index contributed by atoms with van der Waals surface area (Å²) < 4.78 is 1.97. The van der Waals surface area contributed by atoms with Gasteiger partial charge in [0.25, 0.3) is 0 Å². The molecule has 1 aliphatic heterocycles. The molecule has 0 aromatic carbocycles. The number of nitrogens with zero attached hydrogens (tertiary/aromatic N) is 4. The monoisotopic (exact) mass is 357 g/mol. The molecular weight excluding hydrogens is 326 g/mol. The summed E-state index contributed by atoms with van der Waals surface area (Å²) in [7, 11) is 1.95. The fourth-order valence-electron chi connectivity index (χ4n) is 4.13. The Morgan fingerprint density at radius 1 is 1.38 bits per heavy atom. The van der Waals surface area contributed by atoms with Crippen LogP contribution in [0.2, 0.25) is 0 Å². The molecule has 26 heavy (non-hydrogen) atoms. The lowest BCUT2D eigenvalue weighted by Gasteiger charge is -2.25. The quantitative estimate of drug-likeness (QED) is 0.863. The molecular formula is C20H31N5O. The van der Waals surface area contributed by atoms with Gasteiger partial charge in [-0.15, -0.1) is 0 Å². The summed E-state index contributed by atoms with van der Waals surface area (Å²) in [6, 6.07) is 0.630. The van der Waals surface area contributed by atoms with Crippen molar-refractivity contribution in [2.45, 2.75) is 65.5 Å². The molecule has 3 heterocycles. The van der Waals surface area contributed by atoms with E-state index in [0.29, 0.717) is 12.5 Å². The van der Waals surface area contributed by atoms with Crippen LogP contribution in [0, 0.1) is 13.8 Å². The van der Waals surface area contributed by atoms with E-state index in [4.69, 9.17) is 4.98 Å². The summed E-state index contributed by atoms with van der Waals surface area (Å²) in [6.45, 7) is 10.2. The minimum atomic E-state index is 0.263. The maximum absolute atomic E-state index is 12.7. The number of rotatable bonds is 6. The largest absolute Gasteiger partial charge is 0.338 e. The second-order valence-corrected chi connectivity index (χ2v) is 7.66. The molecule has 1 atom stereocenters. The zero-order chi connectivity index (χ0) is 18.8. The molecule has 2 aromatic rings. The highest BCUT2D eigenvalue weighted by atomic mass is 16.2. The molecule has 3 rings (SSSR count). The molecule has 142 valence electrons. The predicted octanol–water partition coefficient (Wildman–Crippen LogP) is 2.77. The number of aryl methyl sites for hydroxylation is 2. The number of pyridine rings is 1. The van der Waals surface area contributed by atoms with E-state index >= 15 is 0 Å². The van der Waals surface area contributed by atoms with Crippen LogP contribution in [0.5, 0.6) is 0 Å². The maximum atomic E-state index is 12.7. The number of aromatic nitrogens is 3. The van der Waals surface area contributed by atoms with Gasteiger partial charge >= 0.3 is 0 Å². The van der Waals surface area contributed by atoms with Crippen LogP contribution in [-0.4, -0.2) is 51.8 Å². The van der Waals surface area contributed by atoms with Crippen LogP contribution in [0.4, 0.5) is 0 Å². The lowest BCUT2D eigenvalue weighted by atomic mass is 10.00. The van der Waals surface area contributed by atoms with Crippen LogP contribution in [0.3, 0.4) is 0 Å². The fraction of sp³-hybridized carbons (Fsp3) is 0.650. The fourth-order valence-corrected chi connectivity index (χ4v) is 4.13. The van der Waals surface area contributed by atoms with Gasteiger partial charge < -0.3 is 10.2 Å². The summed E-state index contributed by atoms with van der Waals surface area (Å²) in [5, 5.41) is 8.80. The van der Waals surface area contributed by atoms with Crippen LogP contribution in [0.15, 0.2) is 6.20 Å². The predicted molar refractivity (Wildman–Crippen MR) is 104 cm³/mol. The molecule has 6 heteroatoms. The number of hydrogen-bond acceptors (Lipinski definition) is 4. The highest BCUT2D eigenvalue weighted by Gasteiger charge is 2.28. The number of likely N-dealkylation sites (tertiary alicyclic amines) is 1. The zero-order valence-electron chi connectivity index (χ0n) is 16.7. The summed E-state index contributed by atoms with van der Waals surface area (Å²) in [6.07, 6.45) is 5.42. The second kappa shape index (κ2) is 7.74. The Kier molecular flexibility index (Phi) is 5.61. The van der Waals surface area contributed by atoms with Gasteiger partial charge in [-0.1, -0.05) is 0 Å². The molecule has 0 saturated carbocycles. The maximum Gasteiger partial charge on any atom is 0.223 e. The first-order valence-electron chi connectivity index (χ1n) is 9.71. The Labute approximate surface area is 156 Å². The molecule has 2 aromatic heterocycles. The molecule has 1 amide bonds. The summed E-state index contributed by atoms with van der Waals surface area (Å²) in [4.78, 5) is 19.6.